The molecule has 0 aromatic heterocycles. The van der Waals surface area contributed by atoms with Crippen LogP contribution in [0.15, 0.2) is 17.2 Å². The number of nitrogens with one attached hydrogen (secondary N) is 1. The van der Waals surface area contributed by atoms with Crippen LogP contribution >= 0.6 is 23.2 Å². The number of anilines is 1. The van der Waals surface area contributed by atoms with Crippen molar-refractivity contribution in [2.75, 3.05) is 18.6 Å². The molecule has 1 fully saturated rings. The maximum absolute atomic E-state index is 11.2. The highest BCUT2D eigenvalue weighted by Crippen LogP contribution is 2.34. The van der Waals surface area contributed by atoms with Crippen molar-refractivity contribution in [3.05, 3.63) is 22.2 Å². The summed E-state index contributed by atoms with van der Waals surface area (Å²) in [5.41, 5.74) is 3.22. The van der Waals surface area contributed by atoms with Crippen LogP contribution < -0.4 is 10.2 Å². The Bertz CT molecular complexity index is 671. The Hall–Kier alpha value is -2.10. The van der Waals surface area contributed by atoms with Gasteiger partial charge in [-0.05, 0) is 18.9 Å². The Morgan fingerprint density at radius 2 is 2.22 bits per heavy atom. The van der Waals surface area contributed by atoms with Crippen molar-refractivity contribution in [3.8, 4) is 18.1 Å². The topological polar surface area (TPSA) is 74.2 Å². The molecule has 0 radical (unpaired) electrons. The van der Waals surface area contributed by atoms with Crippen LogP contribution in [0.3, 0.4) is 0 Å². The third-order valence-corrected chi connectivity index (χ3v) is 3.82. The number of hydrogen-bond donors (Lipinski definition) is 2. The number of amidine groups is 1. The van der Waals surface area contributed by atoms with E-state index in [1.807, 2.05) is 0 Å². The normalized spacial score (nSPS) is 16.0. The predicted octanol–water partition coefficient (Wildman–Crippen LogP) is 3.89. The maximum atomic E-state index is 11.2. The maximum Gasteiger partial charge on any atom is 0.412 e. The van der Waals surface area contributed by atoms with Crippen LogP contribution in [-0.4, -0.2) is 35.1 Å². The Balaban J connectivity index is 2.20. The van der Waals surface area contributed by atoms with Crippen molar-refractivity contribution >= 4 is 40.8 Å². The molecule has 0 aliphatic carbocycles. The summed E-state index contributed by atoms with van der Waals surface area (Å²) in [5, 5.41) is 14.0. The quantitative estimate of drug-likeness (QED) is 0.634. The van der Waals surface area contributed by atoms with Crippen molar-refractivity contribution < 1.29 is 14.6 Å². The van der Waals surface area contributed by atoms with Gasteiger partial charge in [0.05, 0.1) is 15.7 Å². The van der Waals surface area contributed by atoms with Gasteiger partial charge in [-0.25, -0.2) is 4.79 Å². The molecule has 1 aliphatic rings. The molecule has 1 aromatic rings. The molecule has 1 saturated heterocycles. The summed E-state index contributed by atoms with van der Waals surface area (Å²) < 4.78 is 5.31. The lowest BCUT2D eigenvalue weighted by molar-refractivity contribution is 0.165. The second-order valence-electron chi connectivity index (χ2n) is 4.79. The molecule has 0 bridgehead atoms. The van der Waals surface area contributed by atoms with Crippen LogP contribution in [0.1, 0.15) is 19.3 Å². The molecule has 1 aromatic carbocycles. The van der Waals surface area contributed by atoms with E-state index in [0.717, 1.165) is 12.8 Å². The van der Waals surface area contributed by atoms with Gasteiger partial charge in [-0.1, -0.05) is 29.1 Å². The van der Waals surface area contributed by atoms with Gasteiger partial charge in [0, 0.05) is 19.0 Å². The Labute approximate surface area is 144 Å². The highest BCUT2D eigenvalue weighted by Gasteiger charge is 2.22. The first-order valence-electron chi connectivity index (χ1n) is 6.91. The van der Waals surface area contributed by atoms with Gasteiger partial charge < -0.3 is 9.84 Å². The minimum atomic E-state index is -1.02. The summed E-state index contributed by atoms with van der Waals surface area (Å²) >= 11 is 12.1. The predicted molar refractivity (Wildman–Crippen MR) is 90.4 cm³/mol. The molecule has 2 rings (SSSR count). The zero-order valence-corrected chi connectivity index (χ0v) is 13.7. The summed E-state index contributed by atoms with van der Waals surface area (Å²) in [4.78, 5) is 12.4. The SMILES string of the molecule is C#CCOc1cc(NN=C2CCCCN2C(=O)O)c(Cl)cc1Cl. The molecule has 23 heavy (non-hydrogen) atoms. The molecule has 0 unspecified atom stereocenters. The number of ether oxygens (including phenoxy) is 1. The lowest BCUT2D eigenvalue weighted by Crippen LogP contribution is -2.39. The lowest BCUT2D eigenvalue weighted by Gasteiger charge is -2.25. The van der Waals surface area contributed by atoms with E-state index in [0.29, 0.717) is 40.3 Å². The molecule has 2 N–H and O–H groups in total. The van der Waals surface area contributed by atoms with Crippen LogP contribution in [0.5, 0.6) is 5.75 Å². The molecule has 1 heterocycles. The van der Waals surface area contributed by atoms with Gasteiger partial charge in [0.25, 0.3) is 0 Å². The molecular formula is C15H15Cl2N3O3. The van der Waals surface area contributed by atoms with E-state index in [1.54, 1.807) is 6.07 Å². The van der Waals surface area contributed by atoms with Gasteiger partial charge in [-0.3, -0.25) is 10.3 Å². The molecule has 1 aliphatic heterocycles. The summed E-state index contributed by atoms with van der Waals surface area (Å²) in [6.45, 7) is 0.503. The smallest absolute Gasteiger partial charge is 0.412 e. The number of hydrogen-bond acceptors (Lipinski definition) is 4. The first kappa shape index (κ1) is 17.3. The highest BCUT2D eigenvalue weighted by atomic mass is 35.5. The number of amides is 1. The van der Waals surface area contributed by atoms with Gasteiger partial charge in [0.2, 0.25) is 0 Å². The van der Waals surface area contributed by atoms with E-state index in [9.17, 15) is 9.90 Å². The van der Waals surface area contributed by atoms with Crippen LogP contribution in [0, 0.1) is 12.3 Å². The molecule has 0 atom stereocenters. The van der Waals surface area contributed by atoms with E-state index in [4.69, 9.17) is 34.4 Å². The molecule has 122 valence electrons. The number of nitrogens with zero attached hydrogens (tertiary/aromatic N) is 2. The summed E-state index contributed by atoms with van der Waals surface area (Å²) in [6.07, 6.45) is 6.40. The van der Waals surface area contributed by atoms with Gasteiger partial charge in [-0.2, -0.15) is 5.10 Å². The fourth-order valence-electron chi connectivity index (χ4n) is 2.11. The Morgan fingerprint density at radius 1 is 1.43 bits per heavy atom. The van der Waals surface area contributed by atoms with Crippen LogP contribution in [-0.2, 0) is 0 Å². The largest absolute Gasteiger partial charge is 0.479 e. The number of hydrazone groups is 1. The van der Waals surface area contributed by atoms with E-state index < -0.39 is 6.09 Å². The molecule has 6 nitrogen and oxygen atoms in total. The monoisotopic (exact) mass is 355 g/mol. The van der Waals surface area contributed by atoms with Crippen LogP contribution in [0.25, 0.3) is 0 Å². The third kappa shape index (κ3) is 4.44. The average molecular weight is 356 g/mol. The summed E-state index contributed by atoms with van der Waals surface area (Å²) in [7, 11) is 0. The fraction of sp³-hybridized carbons (Fsp3) is 0.333. The first-order valence-corrected chi connectivity index (χ1v) is 7.67. The second kappa shape index (κ2) is 7.95. The average Bonchev–Trinajstić information content (AvgIpc) is 2.53. The molecular weight excluding hydrogens is 341 g/mol. The molecule has 8 heteroatoms. The first-order chi connectivity index (χ1) is 11.0. The van der Waals surface area contributed by atoms with Gasteiger partial charge in [-0.15, -0.1) is 6.42 Å². The van der Waals surface area contributed by atoms with E-state index >= 15 is 0 Å². The zero-order valence-electron chi connectivity index (χ0n) is 12.2. The van der Waals surface area contributed by atoms with Crippen LogP contribution in [0.2, 0.25) is 10.0 Å². The van der Waals surface area contributed by atoms with E-state index in [2.05, 4.69) is 16.4 Å². The van der Waals surface area contributed by atoms with E-state index in [1.165, 1.54) is 11.0 Å². The lowest BCUT2D eigenvalue weighted by atomic mass is 10.1. The second-order valence-corrected chi connectivity index (χ2v) is 5.60. The minimum absolute atomic E-state index is 0.0715. The Kier molecular flexibility index (Phi) is 5.97. The van der Waals surface area contributed by atoms with Gasteiger partial charge in [0.1, 0.15) is 18.2 Å². The van der Waals surface area contributed by atoms with Crippen LogP contribution in [0.4, 0.5) is 10.5 Å². The van der Waals surface area contributed by atoms with Crippen molar-refractivity contribution in [2.24, 2.45) is 5.10 Å². The number of benzene rings is 1. The number of rotatable bonds is 4. The Morgan fingerprint density at radius 3 is 2.91 bits per heavy atom. The summed E-state index contributed by atoms with van der Waals surface area (Å²) in [5.74, 6) is 3.16. The van der Waals surface area contributed by atoms with Crippen molar-refractivity contribution in [3.63, 3.8) is 0 Å². The van der Waals surface area contributed by atoms with Crippen molar-refractivity contribution in [2.45, 2.75) is 19.3 Å². The standard InChI is InChI=1S/C15H15Cl2N3O3/c1-2-7-23-13-9-12(10(16)8-11(13)17)18-19-14-5-3-4-6-20(14)15(21)22/h1,8-9,18H,3-7H2,(H,21,22). The third-order valence-electron chi connectivity index (χ3n) is 3.21. The number of terminal acetylenes is 1. The minimum Gasteiger partial charge on any atom is -0.479 e. The number of carbonyl (C=O) groups is 1. The molecule has 1 amide bonds. The van der Waals surface area contributed by atoms with Gasteiger partial charge in [0.15, 0.2) is 0 Å². The van der Waals surface area contributed by atoms with E-state index in [-0.39, 0.29) is 6.61 Å². The fourth-order valence-corrected chi connectivity index (χ4v) is 2.59. The number of piperidine rings is 1. The highest BCUT2D eigenvalue weighted by molar-refractivity contribution is 6.37. The summed E-state index contributed by atoms with van der Waals surface area (Å²) in [6, 6.07) is 3.08. The molecule has 0 spiro atoms. The van der Waals surface area contributed by atoms with Crippen molar-refractivity contribution in [1.29, 1.82) is 0 Å². The zero-order chi connectivity index (χ0) is 16.8. The van der Waals surface area contributed by atoms with Crippen molar-refractivity contribution in [1.82, 2.24) is 4.90 Å². The molecule has 0 saturated carbocycles. The van der Waals surface area contributed by atoms with Gasteiger partial charge >= 0.3 is 6.09 Å². The number of carboxylic acid groups (broad SMARTS) is 1. The number of halogens is 2. The number of likely N-dealkylation sites (tertiary alicyclic amines) is 1.